The van der Waals surface area contributed by atoms with Crippen molar-refractivity contribution >= 4 is 39.8 Å². The predicted octanol–water partition coefficient (Wildman–Crippen LogP) is 4.18. The zero-order chi connectivity index (χ0) is 24.9. The van der Waals surface area contributed by atoms with Crippen LogP contribution < -0.4 is 10.6 Å². The zero-order valence-electron chi connectivity index (χ0n) is 20.3. The van der Waals surface area contributed by atoms with Crippen LogP contribution in [-0.2, 0) is 0 Å². The van der Waals surface area contributed by atoms with Gasteiger partial charge in [0.25, 0.3) is 5.91 Å². The van der Waals surface area contributed by atoms with E-state index in [2.05, 4.69) is 37.6 Å². The SMILES string of the molecule is CN1CCN(CCCNC(=O)c2ccc(-n3ncc4cc(Nc5ccccc5Cl)ccc43)nc2)CC1. The lowest BCUT2D eigenvalue weighted by Crippen LogP contribution is -2.45. The molecule has 0 saturated carbocycles. The molecule has 0 bridgehead atoms. The van der Waals surface area contributed by atoms with E-state index in [1.54, 1.807) is 23.1 Å². The fraction of sp³-hybridized carbons (Fsp3) is 0.296. The Hall–Kier alpha value is -3.46. The Labute approximate surface area is 215 Å². The second-order valence-corrected chi connectivity index (χ2v) is 9.50. The van der Waals surface area contributed by atoms with Crippen LogP contribution in [0.3, 0.4) is 0 Å². The van der Waals surface area contributed by atoms with E-state index in [1.165, 1.54) is 0 Å². The van der Waals surface area contributed by atoms with Crippen molar-refractivity contribution in [2.75, 3.05) is 51.6 Å². The summed E-state index contributed by atoms with van der Waals surface area (Å²) in [7, 11) is 2.16. The Morgan fingerprint density at radius 3 is 2.64 bits per heavy atom. The van der Waals surface area contributed by atoms with Crippen LogP contribution in [0.25, 0.3) is 16.7 Å². The van der Waals surface area contributed by atoms with Gasteiger partial charge < -0.3 is 20.4 Å². The third-order valence-electron chi connectivity index (χ3n) is 6.48. The fourth-order valence-corrected chi connectivity index (χ4v) is 4.52. The van der Waals surface area contributed by atoms with Gasteiger partial charge in [0, 0.05) is 50.0 Å². The van der Waals surface area contributed by atoms with Gasteiger partial charge in [-0.2, -0.15) is 5.10 Å². The van der Waals surface area contributed by atoms with Crippen molar-refractivity contribution in [1.82, 2.24) is 29.9 Å². The van der Waals surface area contributed by atoms with Gasteiger partial charge in [0.15, 0.2) is 5.82 Å². The number of likely N-dealkylation sites (N-methyl/N-ethyl adjacent to an activating group) is 1. The smallest absolute Gasteiger partial charge is 0.252 e. The first-order chi connectivity index (χ1) is 17.6. The molecule has 36 heavy (non-hydrogen) atoms. The molecular weight excluding hydrogens is 474 g/mol. The van der Waals surface area contributed by atoms with E-state index in [0.29, 0.717) is 22.9 Å². The molecule has 186 valence electrons. The number of piperazine rings is 1. The van der Waals surface area contributed by atoms with Crippen LogP contribution in [0.1, 0.15) is 16.8 Å². The van der Waals surface area contributed by atoms with E-state index < -0.39 is 0 Å². The highest BCUT2D eigenvalue weighted by Crippen LogP contribution is 2.27. The summed E-state index contributed by atoms with van der Waals surface area (Å²) in [5, 5.41) is 12.5. The minimum absolute atomic E-state index is 0.104. The Balaban J connectivity index is 1.18. The molecule has 0 unspecified atom stereocenters. The molecule has 2 aromatic carbocycles. The highest BCUT2D eigenvalue weighted by Gasteiger charge is 2.14. The number of hydrogen-bond donors (Lipinski definition) is 2. The Kier molecular flexibility index (Phi) is 7.46. The van der Waals surface area contributed by atoms with Crippen LogP contribution in [0, 0.1) is 0 Å². The number of nitrogens with one attached hydrogen (secondary N) is 2. The molecule has 1 aliphatic rings. The van der Waals surface area contributed by atoms with Crippen molar-refractivity contribution in [3.05, 3.63) is 77.6 Å². The minimum atomic E-state index is -0.104. The van der Waals surface area contributed by atoms with Crippen LogP contribution in [0.4, 0.5) is 11.4 Å². The van der Waals surface area contributed by atoms with Crippen LogP contribution in [0.15, 0.2) is 67.0 Å². The summed E-state index contributed by atoms with van der Waals surface area (Å²) in [5.41, 5.74) is 3.23. The number of fused-ring (bicyclic) bond motifs is 1. The first kappa shape index (κ1) is 24.2. The number of carbonyl (C=O) groups excluding carboxylic acids is 1. The quantitative estimate of drug-likeness (QED) is 0.351. The molecule has 2 N–H and O–H groups in total. The summed E-state index contributed by atoms with van der Waals surface area (Å²) < 4.78 is 1.77. The molecule has 8 nitrogen and oxygen atoms in total. The summed E-state index contributed by atoms with van der Waals surface area (Å²) in [6.07, 6.45) is 4.34. The van der Waals surface area contributed by atoms with Crippen molar-refractivity contribution < 1.29 is 4.79 Å². The lowest BCUT2D eigenvalue weighted by atomic mass is 10.2. The van der Waals surface area contributed by atoms with Crippen molar-refractivity contribution in [2.45, 2.75) is 6.42 Å². The monoisotopic (exact) mass is 503 g/mol. The standard InChI is InChI=1S/C27H30ClN7O/c1-33-13-15-34(16-14-33)12-4-11-29-27(36)20-7-10-26(30-18-20)35-25-9-8-22(17-21(25)19-31-35)32-24-6-3-2-5-23(24)28/h2-3,5-10,17-19,32H,4,11-16H2,1H3,(H,29,36). The van der Waals surface area contributed by atoms with Crippen LogP contribution in [-0.4, -0.2) is 76.8 Å². The number of aromatic nitrogens is 3. The lowest BCUT2D eigenvalue weighted by molar-refractivity contribution is 0.0949. The number of anilines is 2. The number of para-hydroxylation sites is 1. The van der Waals surface area contributed by atoms with E-state index in [-0.39, 0.29) is 5.91 Å². The normalized spacial score (nSPS) is 14.7. The summed E-state index contributed by atoms with van der Waals surface area (Å²) in [5.74, 6) is 0.552. The molecule has 5 rings (SSSR count). The van der Waals surface area contributed by atoms with E-state index in [4.69, 9.17) is 11.6 Å². The van der Waals surface area contributed by atoms with Gasteiger partial charge >= 0.3 is 0 Å². The summed E-state index contributed by atoms with van der Waals surface area (Å²) in [6.45, 7) is 6.07. The highest BCUT2D eigenvalue weighted by molar-refractivity contribution is 6.33. The van der Waals surface area contributed by atoms with E-state index in [1.807, 2.05) is 48.5 Å². The summed E-state index contributed by atoms with van der Waals surface area (Å²) in [6, 6.07) is 17.2. The van der Waals surface area contributed by atoms with E-state index >= 15 is 0 Å². The molecule has 0 radical (unpaired) electrons. The molecule has 9 heteroatoms. The van der Waals surface area contributed by atoms with Crippen molar-refractivity contribution in [3.63, 3.8) is 0 Å². The maximum Gasteiger partial charge on any atom is 0.252 e. The average Bonchev–Trinajstić information content (AvgIpc) is 3.32. The van der Waals surface area contributed by atoms with Crippen molar-refractivity contribution in [3.8, 4) is 5.82 Å². The molecule has 1 fully saturated rings. The largest absolute Gasteiger partial charge is 0.354 e. The second-order valence-electron chi connectivity index (χ2n) is 9.09. The third-order valence-corrected chi connectivity index (χ3v) is 6.81. The Bertz CT molecular complexity index is 1330. The van der Waals surface area contributed by atoms with Gasteiger partial charge in [0.1, 0.15) is 0 Å². The molecular formula is C27H30ClN7O. The Morgan fingerprint density at radius 1 is 1.03 bits per heavy atom. The van der Waals surface area contributed by atoms with Crippen molar-refractivity contribution in [1.29, 1.82) is 0 Å². The molecule has 4 aromatic rings. The summed E-state index contributed by atoms with van der Waals surface area (Å²) in [4.78, 5) is 21.8. The minimum Gasteiger partial charge on any atom is -0.354 e. The molecule has 1 amide bonds. The van der Waals surface area contributed by atoms with E-state index in [9.17, 15) is 4.79 Å². The van der Waals surface area contributed by atoms with Crippen LogP contribution in [0.5, 0.6) is 0 Å². The summed E-state index contributed by atoms with van der Waals surface area (Å²) >= 11 is 6.26. The number of benzene rings is 2. The highest BCUT2D eigenvalue weighted by atomic mass is 35.5. The topological polar surface area (TPSA) is 78.3 Å². The number of rotatable bonds is 8. The Morgan fingerprint density at radius 2 is 1.86 bits per heavy atom. The van der Waals surface area contributed by atoms with Gasteiger partial charge in [-0.25, -0.2) is 9.67 Å². The maximum atomic E-state index is 12.6. The fourth-order valence-electron chi connectivity index (χ4n) is 4.34. The second kappa shape index (κ2) is 11.1. The number of halogens is 1. The number of pyridine rings is 1. The maximum absolute atomic E-state index is 12.6. The van der Waals surface area contributed by atoms with Crippen molar-refractivity contribution in [2.24, 2.45) is 0 Å². The van der Waals surface area contributed by atoms with Gasteiger partial charge in [-0.3, -0.25) is 4.79 Å². The van der Waals surface area contributed by atoms with E-state index in [0.717, 1.165) is 61.4 Å². The van der Waals surface area contributed by atoms with Gasteiger partial charge in [0.05, 0.1) is 28.0 Å². The number of nitrogens with zero attached hydrogens (tertiary/aromatic N) is 5. The van der Waals surface area contributed by atoms with Gasteiger partial charge in [-0.15, -0.1) is 0 Å². The van der Waals surface area contributed by atoms with Crippen LogP contribution >= 0.6 is 11.6 Å². The molecule has 1 saturated heterocycles. The predicted molar refractivity (Wildman–Crippen MR) is 144 cm³/mol. The lowest BCUT2D eigenvalue weighted by Gasteiger charge is -2.32. The van der Waals surface area contributed by atoms with Gasteiger partial charge in [-0.05, 0) is 62.5 Å². The molecule has 0 aliphatic carbocycles. The molecule has 1 aliphatic heterocycles. The van der Waals surface area contributed by atoms with Gasteiger partial charge in [0.2, 0.25) is 0 Å². The number of carbonyl (C=O) groups is 1. The molecule has 2 aromatic heterocycles. The number of hydrogen-bond acceptors (Lipinski definition) is 6. The molecule has 3 heterocycles. The first-order valence-electron chi connectivity index (χ1n) is 12.2. The van der Waals surface area contributed by atoms with Crippen LogP contribution in [0.2, 0.25) is 5.02 Å². The molecule has 0 spiro atoms. The number of amides is 1. The van der Waals surface area contributed by atoms with Gasteiger partial charge in [-0.1, -0.05) is 23.7 Å². The zero-order valence-corrected chi connectivity index (χ0v) is 21.1. The first-order valence-corrected chi connectivity index (χ1v) is 12.6. The molecule has 0 atom stereocenters. The average molecular weight is 504 g/mol. The third kappa shape index (κ3) is 5.67.